The van der Waals surface area contributed by atoms with Crippen molar-refractivity contribution in [3.05, 3.63) is 29.3 Å². The Morgan fingerprint density at radius 2 is 1.84 bits per heavy atom. The van der Waals surface area contributed by atoms with E-state index in [9.17, 15) is 14.4 Å². The van der Waals surface area contributed by atoms with Crippen LogP contribution < -0.4 is 5.32 Å². The summed E-state index contributed by atoms with van der Waals surface area (Å²) in [6, 6.07) is 5.36. The van der Waals surface area contributed by atoms with Gasteiger partial charge >= 0.3 is 12.1 Å². The summed E-state index contributed by atoms with van der Waals surface area (Å²) in [4.78, 5) is 35.8. The molecule has 1 heterocycles. The van der Waals surface area contributed by atoms with E-state index < -0.39 is 24.1 Å². The first kappa shape index (κ1) is 18.7. The summed E-state index contributed by atoms with van der Waals surface area (Å²) < 4.78 is 10.1. The predicted molar refractivity (Wildman–Crippen MR) is 89.0 cm³/mol. The monoisotopic (exact) mass is 350 g/mol. The van der Waals surface area contributed by atoms with Gasteiger partial charge in [-0.15, -0.1) is 0 Å². The molecule has 2 N–H and O–H groups in total. The number of carbonyl (C=O) groups excluding carboxylic acids is 2. The zero-order chi connectivity index (χ0) is 18.6. The van der Waals surface area contributed by atoms with Crippen molar-refractivity contribution in [1.29, 1.82) is 0 Å². The molecule has 8 nitrogen and oxygen atoms in total. The summed E-state index contributed by atoms with van der Waals surface area (Å²) in [6.45, 7) is 5.44. The molecular formula is C17H22N2O6. The van der Waals surface area contributed by atoms with Gasteiger partial charge in [-0.1, -0.05) is 6.07 Å². The van der Waals surface area contributed by atoms with E-state index in [0.29, 0.717) is 18.8 Å². The van der Waals surface area contributed by atoms with Crippen molar-refractivity contribution in [2.24, 2.45) is 0 Å². The van der Waals surface area contributed by atoms with Crippen LogP contribution in [0.2, 0.25) is 0 Å². The van der Waals surface area contributed by atoms with Gasteiger partial charge in [0.15, 0.2) is 0 Å². The van der Waals surface area contributed by atoms with Gasteiger partial charge in [0.05, 0.1) is 0 Å². The van der Waals surface area contributed by atoms with Crippen LogP contribution in [0.5, 0.6) is 0 Å². The van der Waals surface area contributed by atoms with Crippen LogP contribution in [0, 0.1) is 0 Å². The van der Waals surface area contributed by atoms with Crippen LogP contribution in [0.4, 0.5) is 10.5 Å². The first-order valence-electron chi connectivity index (χ1n) is 7.83. The molecule has 0 radical (unpaired) electrons. The average molecular weight is 350 g/mol. The average Bonchev–Trinajstić information content (AvgIpc) is 2.88. The zero-order valence-electron chi connectivity index (χ0n) is 14.5. The molecule has 0 fully saturated rings. The Morgan fingerprint density at radius 3 is 2.48 bits per heavy atom. The SMILES string of the molecule is CC(C)(C)OC(=O)N1Cc2ccc(NC(=O)COCC(=O)O)cc2C1. The van der Waals surface area contributed by atoms with Gasteiger partial charge in [-0.3, -0.25) is 9.69 Å². The number of hydrogen-bond donors (Lipinski definition) is 2. The van der Waals surface area contributed by atoms with Crippen molar-refractivity contribution in [1.82, 2.24) is 4.90 Å². The highest BCUT2D eigenvalue weighted by molar-refractivity contribution is 5.92. The van der Waals surface area contributed by atoms with Gasteiger partial charge in [-0.25, -0.2) is 9.59 Å². The van der Waals surface area contributed by atoms with Crippen LogP contribution in [0.25, 0.3) is 0 Å². The molecule has 25 heavy (non-hydrogen) atoms. The van der Waals surface area contributed by atoms with Crippen LogP contribution >= 0.6 is 0 Å². The third-order valence-electron chi connectivity index (χ3n) is 3.32. The maximum Gasteiger partial charge on any atom is 0.410 e. The van der Waals surface area contributed by atoms with E-state index in [1.807, 2.05) is 26.8 Å². The van der Waals surface area contributed by atoms with Crippen molar-refractivity contribution >= 4 is 23.7 Å². The number of amides is 2. The number of anilines is 1. The van der Waals surface area contributed by atoms with Gasteiger partial charge in [0, 0.05) is 18.8 Å². The molecular weight excluding hydrogens is 328 g/mol. The zero-order valence-corrected chi connectivity index (χ0v) is 14.5. The second-order valence-corrected chi connectivity index (χ2v) is 6.75. The molecule has 0 saturated carbocycles. The lowest BCUT2D eigenvalue weighted by Crippen LogP contribution is -2.33. The van der Waals surface area contributed by atoms with Gasteiger partial charge in [0.2, 0.25) is 5.91 Å². The van der Waals surface area contributed by atoms with Crippen LogP contribution in [-0.4, -0.2) is 46.8 Å². The third-order valence-corrected chi connectivity index (χ3v) is 3.32. The molecule has 1 aliphatic heterocycles. The normalized spacial score (nSPS) is 13.3. The number of aliphatic carboxylic acids is 1. The lowest BCUT2D eigenvalue weighted by Gasteiger charge is -2.24. The number of hydrogen-bond acceptors (Lipinski definition) is 5. The molecule has 1 aromatic carbocycles. The number of fused-ring (bicyclic) bond motifs is 1. The summed E-state index contributed by atoms with van der Waals surface area (Å²) in [5.74, 6) is -1.57. The van der Waals surface area contributed by atoms with Crippen molar-refractivity contribution in [2.75, 3.05) is 18.5 Å². The Balaban J connectivity index is 1.92. The number of carboxylic acids is 1. The number of benzene rings is 1. The van der Waals surface area contributed by atoms with Gasteiger partial charge in [-0.2, -0.15) is 0 Å². The Bertz CT molecular complexity index is 680. The van der Waals surface area contributed by atoms with Gasteiger partial charge in [0.1, 0.15) is 18.8 Å². The summed E-state index contributed by atoms with van der Waals surface area (Å²) in [7, 11) is 0. The number of nitrogens with zero attached hydrogens (tertiary/aromatic N) is 1. The Morgan fingerprint density at radius 1 is 1.16 bits per heavy atom. The molecule has 0 aromatic heterocycles. The number of carboxylic acid groups (broad SMARTS) is 1. The fourth-order valence-electron chi connectivity index (χ4n) is 2.36. The fourth-order valence-corrected chi connectivity index (χ4v) is 2.36. The highest BCUT2D eigenvalue weighted by Crippen LogP contribution is 2.27. The van der Waals surface area contributed by atoms with Crippen molar-refractivity contribution in [2.45, 2.75) is 39.5 Å². The maximum atomic E-state index is 12.1. The fraction of sp³-hybridized carbons (Fsp3) is 0.471. The van der Waals surface area contributed by atoms with E-state index >= 15 is 0 Å². The number of ether oxygens (including phenoxy) is 2. The van der Waals surface area contributed by atoms with Crippen molar-refractivity contribution in [3.63, 3.8) is 0 Å². The van der Waals surface area contributed by atoms with E-state index in [-0.39, 0.29) is 12.7 Å². The molecule has 1 aliphatic rings. The van der Waals surface area contributed by atoms with Gasteiger partial charge < -0.3 is 19.9 Å². The minimum absolute atomic E-state index is 0.340. The lowest BCUT2D eigenvalue weighted by molar-refractivity contribution is -0.143. The largest absolute Gasteiger partial charge is 0.480 e. The van der Waals surface area contributed by atoms with E-state index in [1.54, 1.807) is 17.0 Å². The highest BCUT2D eigenvalue weighted by Gasteiger charge is 2.27. The smallest absolute Gasteiger partial charge is 0.410 e. The molecule has 0 spiro atoms. The quantitative estimate of drug-likeness (QED) is 0.841. The van der Waals surface area contributed by atoms with E-state index in [0.717, 1.165) is 11.1 Å². The standard InChI is InChI=1S/C17H22N2O6/c1-17(2,3)25-16(23)19-7-11-4-5-13(6-12(11)8-19)18-14(20)9-24-10-15(21)22/h4-6H,7-10H2,1-3H3,(H,18,20)(H,21,22). The molecule has 0 aliphatic carbocycles. The molecule has 136 valence electrons. The second kappa shape index (κ2) is 7.52. The van der Waals surface area contributed by atoms with Crippen LogP contribution in [0.3, 0.4) is 0 Å². The highest BCUT2D eigenvalue weighted by atomic mass is 16.6. The van der Waals surface area contributed by atoms with E-state index in [4.69, 9.17) is 14.6 Å². The Labute approximate surface area is 145 Å². The van der Waals surface area contributed by atoms with E-state index in [2.05, 4.69) is 5.32 Å². The molecule has 0 unspecified atom stereocenters. The van der Waals surface area contributed by atoms with E-state index in [1.165, 1.54) is 0 Å². The van der Waals surface area contributed by atoms with Crippen LogP contribution in [0.1, 0.15) is 31.9 Å². The predicted octanol–water partition coefficient (Wildman–Crippen LogP) is 1.98. The molecule has 0 bridgehead atoms. The minimum atomic E-state index is -1.13. The summed E-state index contributed by atoms with van der Waals surface area (Å²) in [5.41, 5.74) is 1.93. The first-order valence-corrected chi connectivity index (χ1v) is 7.83. The number of rotatable bonds is 5. The molecule has 0 atom stereocenters. The van der Waals surface area contributed by atoms with Crippen molar-refractivity contribution < 1.29 is 29.0 Å². The second-order valence-electron chi connectivity index (χ2n) is 6.75. The maximum absolute atomic E-state index is 12.1. The molecule has 0 saturated heterocycles. The topological polar surface area (TPSA) is 105 Å². The van der Waals surface area contributed by atoms with Gasteiger partial charge in [0.25, 0.3) is 0 Å². The first-order chi connectivity index (χ1) is 11.6. The van der Waals surface area contributed by atoms with Crippen LogP contribution in [0.15, 0.2) is 18.2 Å². The van der Waals surface area contributed by atoms with Crippen LogP contribution in [-0.2, 0) is 32.2 Å². The molecule has 1 aromatic rings. The summed E-state index contributed by atoms with van der Waals surface area (Å²) in [5, 5.41) is 11.1. The lowest BCUT2D eigenvalue weighted by atomic mass is 10.1. The number of carbonyl (C=O) groups is 3. The third kappa shape index (κ3) is 5.75. The number of nitrogens with one attached hydrogen (secondary N) is 1. The molecule has 8 heteroatoms. The van der Waals surface area contributed by atoms with Crippen molar-refractivity contribution in [3.8, 4) is 0 Å². The molecule has 2 amide bonds. The Kier molecular flexibility index (Phi) is 5.63. The minimum Gasteiger partial charge on any atom is -0.480 e. The summed E-state index contributed by atoms with van der Waals surface area (Å²) in [6.07, 6.45) is -0.378. The summed E-state index contributed by atoms with van der Waals surface area (Å²) >= 11 is 0. The molecule has 2 rings (SSSR count). The Hall–Kier alpha value is -2.61. The van der Waals surface area contributed by atoms with Gasteiger partial charge in [-0.05, 0) is 44.0 Å².